The molecule has 18 nitrogen and oxygen atoms in total. The van der Waals surface area contributed by atoms with E-state index in [2.05, 4.69) is 44.6 Å². The van der Waals surface area contributed by atoms with Crippen molar-refractivity contribution in [3.63, 3.8) is 0 Å². The number of rotatable bonds is 8. The van der Waals surface area contributed by atoms with Crippen molar-refractivity contribution in [2.24, 2.45) is 11.8 Å². The first-order valence-electron chi connectivity index (χ1n) is 20.8. The van der Waals surface area contributed by atoms with Crippen molar-refractivity contribution in [3.8, 4) is 11.5 Å². The Bertz CT molecular complexity index is 2720. The third-order valence-corrected chi connectivity index (χ3v) is 12.1. The highest BCUT2D eigenvalue weighted by atomic mass is 16.5. The molecule has 10 rings (SSSR count). The fourth-order valence-corrected chi connectivity index (χ4v) is 8.88. The van der Waals surface area contributed by atoms with Gasteiger partial charge in [-0.05, 0) is 74.6 Å². The molecule has 6 aromatic heterocycles. The number of hydrogen-bond donors (Lipinski definition) is 4. The monoisotopic (exact) mass is 840 g/mol. The van der Waals surface area contributed by atoms with E-state index in [0.29, 0.717) is 57.1 Å². The lowest BCUT2D eigenvalue weighted by Gasteiger charge is -2.31. The second-order valence-corrected chi connectivity index (χ2v) is 16.3. The van der Waals surface area contributed by atoms with Gasteiger partial charge in [0.1, 0.15) is 22.9 Å². The Morgan fingerprint density at radius 3 is 1.50 bits per heavy atom. The molecule has 2 aromatic carbocycles. The molecule has 62 heavy (non-hydrogen) atoms. The molecular weight excluding hydrogens is 793 g/mol. The second kappa shape index (κ2) is 16.9. The number of aliphatic hydroxyl groups excluding tert-OH is 2. The number of nitrogens with zero attached hydrogens (tertiary/aromatic N) is 10. The Labute approximate surface area is 355 Å². The van der Waals surface area contributed by atoms with E-state index in [1.165, 1.54) is 14.2 Å². The number of aliphatic hydroxyl groups is 2. The number of aromatic nitrogens is 10. The standard InChI is InChI=1S/2C22H24N6O3/c2*1-13-8-15(29)4-5-19(13)28-12-14-9-16(20(31-2)10-17(14)26-28)22(30)25-18-11-24-27-7-3-6-23-21(18)27/h2*3,6-7,9-13,15,19,29H,4-5,8H2,1-2H3,(H,25,30)/t2*13-,15+,19-/m00/s1. The van der Waals surface area contributed by atoms with Crippen molar-refractivity contribution in [2.45, 2.75) is 76.7 Å². The van der Waals surface area contributed by atoms with Gasteiger partial charge >= 0.3 is 0 Å². The van der Waals surface area contributed by atoms with Crippen molar-refractivity contribution >= 4 is 56.3 Å². The smallest absolute Gasteiger partial charge is 0.259 e. The molecular formula is C44H48N12O6. The lowest BCUT2D eigenvalue weighted by atomic mass is 9.84. The van der Waals surface area contributed by atoms with Gasteiger partial charge in [-0.2, -0.15) is 20.4 Å². The molecule has 2 aliphatic rings. The Morgan fingerprint density at radius 2 is 1.10 bits per heavy atom. The van der Waals surface area contributed by atoms with Crippen LogP contribution in [-0.2, 0) is 0 Å². The second-order valence-electron chi connectivity index (χ2n) is 16.3. The molecule has 8 aromatic rings. The maximum Gasteiger partial charge on any atom is 0.259 e. The maximum absolute atomic E-state index is 13.1. The molecule has 2 amide bonds. The maximum atomic E-state index is 13.1. The van der Waals surface area contributed by atoms with E-state index in [1.54, 1.807) is 82.6 Å². The average molecular weight is 841 g/mol. The van der Waals surface area contributed by atoms with Gasteiger partial charge in [-0.3, -0.25) is 19.0 Å². The van der Waals surface area contributed by atoms with E-state index >= 15 is 0 Å². The molecule has 18 heteroatoms. The first-order valence-corrected chi connectivity index (χ1v) is 20.8. The minimum absolute atomic E-state index is 0.226. The van der Waals surface area contributed by atoms with Crippen LogP contribution < -0.4 is 20.1 Å². The molecule has 0 spiro atoms. The van der Waals surface area contributed by atoms with Gasteiger partial charge in [0.05, 0.1) is 73.1 Å². The van der Waals surface area contributed by atoms with E-state index in [0.717, 1.165) is 60.3 Å². The zero-order valence-corrected chi connectivity index (χ0v) is 34.8. The molecule has 0 bridgehead atoms. The van der Waals surface area contributed by atoms with Gasteiger partial charge in [-0.15, -0.1) is 0 Å². The highest BCUT2D eigenvalue weighted by Crippen LogP contribution is 2.37. The summed E-state index contributed by atoms with van der Waals surface area (Å²) in [7, 11) is 3.08. The molecule has 2 aliphatic carbocycles. The number of benzene rings is 2. The summed E-state index contributed by atoms with van der Waals surface area (Å²) in [5, 5.41) is 45.2. The minimum atomic E-state index is -0.304. The molecule has 0 aliphatic heterocycles. The molecule has 2 saturated carbocycles. The van der Waals surface area contributed by atoms with Gasteiger partial charge in [0, 0.05) is 60.1 Å². The SMILES string of the molecule is COc1cc2nn([C@H]3CC[C@@H](O)C[C@@H]3C)cc2cc1C(=O)Nc1cnn2cccnc12.COc1cc2nn([C@H]3CC[C@@H](O)C[C@@H]3C)cc2cc1C(=O)Nc1cnn2cccnc12. The molecule has 320 valence electrons. The van der Waals surface area contributed by atoms with Crippen molar-refractivity contribution in [3.05, 3.63) is 97.1 Å². The van der Waals surface area contributed by atoms with Crippen LogP contribution in [0.3, 0.4) is 0 Å². The first-order chi connectivity index (χ1) is 30.1. The molecule has 0 saturated heterocycles. The first kappa shape index (κ1) is 40.5. The Morgan fingerprint density at radius 1 is 0.661 bits per heavy atom. The van der Waals surface area contributed by atoms with E-state index in [4.69, 9.17) is 19.7 Å². The van der Waals surface area contributed by atoms with Gasteiger partial charge < -0.3 is 30.3 Å². The third kappa shape index (κ3) is 7.89. The lowest BCUT2D eigenvalue weighted by molar-refractivity contribution is 0.0748. The summed E-state index contributed by atoms with van der Waals surface area (Å²) in [6, 6.07) is 11.2. The summed E-state index contributed by atoms with van der Waals surface area (Å²) in [4.78, 5) is 34.7. The largest absolute Gasteiger partial charge is 0.496 e. The van der Waals surface area contributed by atoms with Gasteiger partial charge in [0.25, 0.3) is 11.8 Å². The lowest BCUT2D eigenvalue weighted by Crippen LogP contribution is -2.28. The Hall–Kier alpha value is -6.92. The summed E-state index contributed by atoms with van der Waals surface area (Å²) >= 11 is 0. The van der Waals surface area contributed by atoms with Crippen LogP contribution in [0.5, 0.6) is 11.5 Å². The third-order valence-electron chi connectivity index (χ3n) is 12.1. The highest BCUT2D eigenvalue weighted by Gasteiger charge is 2.30. The van der Waals surface area contributed by atoms with Gasteiger partial charge in [0.2, 0.25) is 0 Å². The molecule has 6 heterocycles. The van der Waals surface area contributed by atoms with E-state index in [1.807, 2.05) is 21.8 Å². The van der Waals surface area contributed by atoms with Crippen molar-refractivity contribution in [1.82, 2.24) is 48.8 Å². The van der Waals surface area contributed by atoms with Gasteiger partial charge in [-0.25, -0.2) is 19.0 Å². The Kier molecular flexibility index (Phi) is 11.0. The van der Waals surface area contributed by atoms with Crippen LogP contribution in [0.25, 0.3) is 33.1 Å². The number of carbonyl (C=O) groups is 2. The summed E-state index contributed by atoms with van der Waals surface area (Å²) in [6.45, 7) is 4.28. The highest BCUT2D eigenvalue weighted by molar-refractivity contribution is 6.10. The van der Waals surface area contributed by atoms with Crippen molar-refractivity contribution in [1.29, 1.82) is 0 Å². The van der Waals surface area contributed by atoms with Crippen LogP contribution in [0.4, 0.5) is 11.4 Å². The summed E-state index contributed by atoms with van der Waals surface area (Å²) in [5.74, 6) is 0.942. The fourth-order valence-electron chi connectivity index (χ4n) is 8.88. The number of fused-ring (bicyclic) bond motifs is 4. The quantitative estimate of drug-likeness (QED) is 0.136. The summed E-state index contributed by atoms with van der Waals surface area (Å²) in [5.41, 5.74) is 4.55. The number of ether oxygens (including phenoxy) is 2. The Balaban J connectivity index is 0.000000158. The van der Waals surface area contributed by atoms with Crippen LogP contribution in [0, 0.1) is 11.8 Å². The topological polar surface area (TPSA) is 213 Å². The molecule has 0 radical (unpaired) electrons. The van der Waals surface area contributed by atoms with Crippen molar-refractivity contribution < 1.29 is 29.3 Å². The average Bonchev–Trinajstić information content (AvgIpc) is 4.08. The van der Waals surface area contributed by atoms with Crippen LogP contribution in [0.15, 0.2) is 86.0 Å². The van der Waals surface area contributed by atoms with Gasteiger partial charge in [-0.1, -0.05) is 13.8 Å². The number of hydrogen-bond acceptors (Lipinski definition) is 12. The van der Waals surface area contributed by atoms with E-state index < -0.39 is 0 Å². The molecule has 0 unspecified atom stereocenters. The van der Waals surface area contributed by atoms with Crippen molar-refractivity contribution in [2.75, 3.05) is 24.9 Å². The van der Waals surface area contributed by atoms with E-state index in [9.17, 15) is 19.8 Å². The zero-order chi connectivity index (χ0) is 43.1. The normalized spacial score (nSPS) is 21.5. The number of methoxy groups -OCH3 is 2. The van der Waals surface area contributed by atoms with Crippen LogP contribution >= 0.6 is 0 Å². The summed E-state index contributed by atoms with van der Waals surface area (Å²) < 4.78 is 18.1. The predicted molar refractivity (Wildman–Crippen MR) is 231 cm³/mol. The molecule has 4 N–H and O–H groups in total. The summed E-state index contributed by atoms with van der Waals surface area (Å²) in [6.07, 6.45) is 18.3. The van der Waals surface area contributed by atoms with Crippen LogP contribution in [0.1, 0.15) is 85.2 Å². The molecule has 2 fully saturated rings. The number of amides is 2. The van der Waals surface area contributed by atoms with Gasteiger partial charge in [0.15, 0.2) is 11.3 Å². The number of carbonyl (C=O) groups excluding carboxylic acids is 2. The fraction of sp³-hybridized carbons (Fsp3) is 0.364. The van der Waals surface area contributed by atoms with Crippen LogP contribution in [0.2, 0.25) is 0 Å². The minimum Gasteiger partial charge on any atom is -0.496 e. The zero-order valence-electron chi connectivity index (χ0n) is 34.8. The predicted octanol–water partition coefficient (Wildman–Crippen LogP) is 6.12. The molecule has 6 atom stereocenters. The van der Waals surface area contributed by atoms with E-state index in [-0.39, 0.29) is 36.1 Å². The number of anilines is 2. The number of nitrogens with one attached hydrogen (secondary N) is 2. The van der Waals surface area contributed by atoms with Crippen LogP contribution in [-0.4, -0.2) is 97.2 Å².